The first-order chi connectivity index (χ1) is 8.11. The largest absolute Gasteiger partial charge is 0.207 e. The molecule has 17 heavy (non-hydrogen) atoms. The molecule has 0 nitrogen and oxygen atoms in total. The smallest absolute Gasteiger partial charge is 0.124 e. The Hall–Kier alpha value is -0.190. The molecular weight excluding hydrogens is 367 g/mol. The highest BCUT2D eigenvalue weighted by Crippen LogP contribution is 2.38. The molecule has 2 aromatic rings. The fourth-order valence-corrected chi connectivity index (χ4v) is 4.25. The van der Waals surface area contributed by atoms with Crippen LogP contribution in [0.15, 0.2) is 34.8 Å². The second kappa shape index (κ2) is 5.63. The van der Waals surface area contributed by atoms with Gasteiger partial charge in [0.25, 0.3) is 0 Å². The molecule has 0 saturated carbocycles. The topological polar surface area (TPSA) is 0 Å². The molecule has 0 aliphatic rings. The van der Waals surface area contributed by atoms with E-state index >= 15 is 0 Å². The van der Waals surface area contributed by atoms with Crippen LogP contribution in [0.2, 0.25) is 0 Å². The summed E-state index contributed by atoms with van der Waals surface area (Å²) < 4.78 is 13.8. The molecule has 4 heteroatoms. The monoisotopic (exact) mass is 376 g/mol. The summed E-state index contributed by atoms with van der Waals surface area (Å²) >= 11 is 8.86. The minimum absolute atomic E-state index is 0.114. The quantitative estimate of drug-likeness (QED) is 0.602. The van der Waals surface area contributed by atoms with Crippen LogP contribution in [-0.2, 0) is 6.42 Å². The minimum atomic E-state index is -0.222. The van der Waals surface area contributed by atoms with Crippen molar-refractivity contribution < 1.29 is 4.39 Å². The van der Waals surface area contributed by atoms with Crippen molar-refractivity contribution in [1.29, 1.82) is 0 Å². The Morgan fingerprint density at radius 2 is 2.06 bits per heavy atom. The summed E-state index contributed by atoms with van der Waals surface area (Å²) in [6.07, 6.45) is 1.05. The van der Waals surface area contributed by atoms with Gasteiger partial charge in [-0.15, -0.1) is 11.3 Å². The second-order valence-electron chi connectivity index (χ2n) is 3.69. The second-order valence-corrected chi connectivity index (χ2v) is 6.66. The Balaban J connectivity index is 2.33. The predicted molar refractivity (Wildman–Crippen MR) is 78.6 cm³/mol. The van der Waals surface area contributed by atoms with E-state index in [-0.39, 0.29) is 10.6 Å². The van der Waals surface area contributed by atoms with Crippen LogP contribution in [0.3, 0.4) is 0 Å². The molecule has 0 saturated heterocycles. The van der Waals surface area contributed by atoms with Gasteiger partial charge < -0.3 is 0 Å². The van der Waals surface area contributed by atoms with Crippen molar-refractivity contribution in [2.75, 3.05) is 0 Å². The molecule has 1 heterocycles. The molecule has 1 unspecified atom stereocenters. The molecule has 1 aromatic carbocycles. The maximum Gasteiger partial charge on any atom is 0.124 e. The molecule has 0 bridgehead atoms. The Morgan fingerprint density at radius 1 is 1.29 bits per heavy atom. The Bertz CT molecular complexity index is 522. The SMILES string of the molecule is CCc1ccc(C(Br)c2ccc(F)cc2Br)s1. The lowest BCUT2D eigenvalue weighted by molar-refractivity contribution is 0.626. The van der Waals surface area contributed by atoms with Crippen LogP contribution in [0.4, 0.5) is 4.39 Å². The van der Waals surface area contributed by atoms with E-state index < -0.39 is 0 Å². The van der Waals surface area contributed by atoms with E-state index in [4.69, 9.17) is 0 Å². The fraction of sp³-hybridized carbons (Fsp3) is 0.231. The summed E-state index contributed by atoms with van der Waals surface area (Å²) in [7, 11) is 0. The number of aryl methyl sites for hydroxylation is 1. The maximum atomic E-state index is 13.0. The number of thiophene rings is 1. The van der Waals surface area contributed by atoms with Crippen LogP contribution >= 0.6 is 43.2 Å². The van der Waals surface area contributed by atoms with Gasteiger partial charge in [-0.25, -0.2) is 4.39 Å². The molecule has 2 rings (SSSR count). The van der Waals surface area contributed by atoms with E-state index in [1.54, 1.807) is 11.3 Å². The third-order valence-electron chi connectivity index (χ3n) is 2.52. The zero-order valence-electron chi connectivity index (χ0n) is 9.21. The number of halogens is 3. The van der Waals surface area contributed by atoms with Gasteiger partial charge in [0.2, 0.25) is 0 Å². The molecule has 1 atom stereocenters. The normalized spacial score (nSPS) is 12.7. The molecule has 0 radical (unpaired) electrons. The standard InChI is InChI=1S/C13H11Br2FS/c1-2-9-4-6-12(17-9)13(15)10-5-3-8(16)7-11(10)14/h3-7,13H,2H2,1H3. The minimum Gasteiger partial charge on any atom is -0.207 e. The van der Waals surface area contributed by atoms with E-state index in [1.165, 1.54) is 21.9 Å². The van der Waals surface area contributed by atoms with Crippen molar-refractivity contribution in [3.8, 4) is 0 Å². The van der Waals surface area contributed by atoms with Crippen molar-refractivity contribution in [2.24, 2.45) is 0 Å². The molecular formula is C13H11Br2FS. The molecule has 0 N–H and O–H groups in total. The fourth-order valence-electron chi connectivity index (χ4n) is 1.58. The van der Waals surface area contributed by atoms with Gasteiger partial charge in [-0.05, 0) is 36.2 Å². The molecule has 0 amide bonds. The van der Waals surface area contributed by atoms with Gasteiger partial charge in [-0.3, -0.25) is 0 Å². The van der Waals surface area contributed by atoms with Gasteiger partial charge in [0.15, 0.2) is 0 Å². The van der Waals surface area contributed by atoms with E-state index in [1.807, 2.05) is 6.07 Å². The van der Waals surface area contributed by atoms with Crippen molar-refractivity contribution in [1.82, 2.24) is 0 Å². The number of hydrogen-bond donors (Lipinski definition) is 0. The van der Waals surface area contributed by atoms with Crippen LogP contribution in [0.1, 0.15) is 27.1 Å². The zero-order chi connectivity index (χ0) is 12.4. The number of rotatable bonds is 3. The highest BCUT2D eigenvalue weighted by molar-refractivity contribution is 9.11. The van der Waals surface area contributed by atoms with Crippen molar-refractivity contribution >= 4 is 43.2 Å². The number of alkyl halides is 1. The predicted octanol–water partition coefficient (Wildman–Crippen LogP) is 5.70. The van der Waals surface area contributed by atoms with E-state index in [0.29, 0.717) is 0 Å². The number of benzene rings is 1. The van der Waals surface area contributed by atoms with E-state index in [2.05, 4.69) is 50.9 Å². The molecule has 0 aliphatic carbocycles. The zero-order valence-corrected chi connectivity index (χ0v) is 13.2. The first-order valence-corrected chi connectivity index (χ1v) is 7.82. The lowest BCUT2D eigenvalue weighted by Gasteiger charge is -2.10. The van der Waals surface area contributed by atoms with Crippen LogP contribution in [0, 0.1) is 5.82 Å². The third-order valence-corrected chi connectivity index (χ3v) is 5.79. The first-order valence-electron chi connectivity index (χ1n) is 5.29. The first kappa shape index (κ1) is 13.2. The third kappa shape index (κ3) is 2.98. The van der Waals surface area contributed by atoms with Gasteiger partial charge in [-0.1, -0.05) is 44.8 Å². The van der Waals surface area contributed by atoms with Crippen LogP contribution in [0.25, 0.3) is 0 Å². The molecule has 0 spiro atoms. The average molecular weight is 378 g/mol. The highest BCUT2D eigenvalue weighted by Gasteiger charge is 2.15. The lowest BCUT2D eigenvalue weighted by atomic mass is 10.1. The van der Waals surface area contributed by atoms with Gasteiger partial charge >= 0.3 is 0 Å². The van der Waals surface area contributed by atoms with E-state index in [0.717, 1.165) is 16.5 Å². The Labute approximate surface area is 121 Å². The van der Waals surface area contributed by atoms with Crippen LogP contribution < -0.4 is 0 Å². The molecule has 0 fully saturated rings. The Kier molecular flexibility index (Phi) is 4.39. The maximum absolute atomic E-state index is 13.0. The van der Waals surface area contributed by atoms with Gasteiger partial charge in [0.1, 0.15) is 5.82 Å². The highest BCUT2D eigenvalue weighted by atomic mass is 79.9. The van der Waals surface area contributed by atoms with E-state index in [9.17, 15) is 4.39 Å². The van der Waals surface area contributed by atoms with Gasteiger partial charge in [-0.2, -0.15) is 0 Å². The lowest BCUT2D eigenvalue weighted by Crippen LogP contribution is -1.91. The van der Waals surface area contributed by atoms with Crippen LogP contribution in [-0.4, -0.2) is 0 Å². The molecule has 0 aliphatic heterocycles. The van der Waals surface area contributed by atoms with Gasteiger partial charge in [0, 0.05) is 14.2 Å². The summed E-state index contributed by atoms with van der Waals surface area (Å²) in [4.78, 5) is 2.72. The summed E-state index contributed by atoms with van der Waals surface area (Å²) in [6, 6.07) is 9.06. The summed E-state index contributed by atoms with van der Waals surface area (Å²) in [5.74, 6) is -0.222. The summed E-state index contributed by atoms with van der Waals surface area (Å²) in [6.45, 7) is 2.15. The van der Waals surface area contributed by atoms with Crippen molar-refractivity contribution in [2.45, 2.75) is 18.2 Å². The van der Waals surface area contributed by atoms with Gasteiger partial charge in [0.05, 0.1) is 4.83 Å². The average Bonchev–Trinajstić information content (AvgIpc) is 2.76. The van der Waals surface area contributed by atoms with Crippen molar-refractivity contribution in [3.05, 3.63) is 55.9 Å². The molecule has 90 valence electrons. The summed E-state index contributed by atoms with van der Waals surface area (Å²) in [5, 5.41) is 0. The molecule has 1 aromatic heterocycles. The number of hydrogen-bond acceptors (Lipinski definition) is 1. The van der Waals surface area contributed by atoms with Crippen LogP contribution in [0.5, 0.6) is 0 Å². The van der Waals surface area contributed by atoms with Crippen molar-refractivity contribution in [3.63, 3.8) is 0 Å². The Morgan fingerprint density at radius 3 is 2.65 bits per heavy atom. The summed E-state index contributed by atoms with van der Waals surface area (Å²) in [5.41, 5.74) is 1.05.